The second-order valence-electron chi connectivity index (χ2n) is 3.79. The first-order valence-electron chi connectivity index (χ1n) is 5.59. The van der Waals surface area contributed by atoms with Crippen LogP contribution in [0.4, 0.5) is 0 Å². The van der Waals surface area contributed by atoms with E-state index in [4.69, 9.17) is 0 Å². The Balaban J connectivity index is 0.000000531. The van der Waals surface area contributed by atoms with Crippen LogP contribution in [0.1, 0.15) is 39.3 Å². The summed E-state index contributed by atoms with van der Waals surface area (Å²) in [5.74, 6) is 0.512. The highest BCUT2D eigenvalue weighted by Gasteiger charge is 2.10. The molecule has 0 amide bonds. The van der Waals surface area contributed by atoms with Crippen molar-refractivity contribution < 1.29 is 0 Å². The van der Waals surface area contributed by atoms with Crippen molar-refractivity contribution in [2.75, 3.05) is 0 Å². The van der Waals surface area contributed by atoms with E-state index in [9.17, 15) is 0 Å². The van der Waals surface area contributed by atoms with Gasteiger partial charge in [-0.1, -0.05) is 27.7 Å². The average molecular weight is 204 g/mol. The van der Waals surface area contributed by atoms with Gasteiger partial charge in [-0.2, -0.15) is 0 Å². The summed E-state index contributed by atoms with van der Waals surface area (Å²) in [7, 11) is 2.02. The molecular weight excluding hydrogens is 184 g/mol. The van der Waals surface area contributed by atoms with Gasteiger partial charge >= 0.3 is 0 Å². The second kappa shape index (κ2) is 4.96. The second-order valence-corrected chi connectivity index (χ2v) is 3.79. The number of aryl methyl sites for hydroxylation is 1. The number of aromatic nitrogens is 2. The van der Waals surface area contributed by atoms with Gasteiger partial charge in [0.25, 0.3) is 0 Å². The third-order valence-corrected chi connectivity index (χ3v) is 2.26. The van der Waals surface area contributed by atoms with Crippen molar-refractivity contribution in [3.05, 3.63) is 30.2 Å². The Morgan fingerprint density at radius 1 is 1.27 bits per heavy atom. The summed E-state index contributed by atoms with van der Waals surface area (Å²) < 4.78 is 2.03. The fraction of sp³-hybridized carbons (Fsp3) is 0.462. The van der Waals surface area contributed by atoms with Crippen LogP contribution in [-0.4, -0.2) is 9.55 Å². The lowest BCUT2D eigenvalue weighted by Gasteiger charge is -1.99. The Hall–Kier alpha value is -1.31. The van der Waals surface area contributed by atoms with Crippen molar-refractivity contribution in [1.82, 2.24) is 9.55 Å². The molecule has 0 saturated heterocycles. The van der Waals surface area contributed by atoms with E-state index in [2.05, 4.69) is 37.2 Å². The van der Waals surface area contributed by atoms with Gasteiger partial charge in [0, 0.05) is 30.7 Å². The molecule has 2 rings (SSSR count). The molecule has 2 heteroatoms. The zero-order valence-electron chi connectivity index (χ0n) is 10.3. The molecule has 2 aliphatic heterocycles. The zero-order chi connectivity index (χ0) is 11.4. The molecule has 0 saturated carbocycles. The first-order valence-corrected chi connectivity index (χ1v) is 5.59. The molecule has 0 aromatic heterocycles. The SMILES string of the molecule is CC.CC(C)c1cc2ccn(C)cc-2n1. The number of fused-ring (bicyclic) bond motifs is 1. The molecule has 2 heterocycles. The fourth-order valence-electron chi connectivity index (χ4n) is 1.44. The first kappa shape index (κ1) is 11.8. The highest BCUT2D eigenvalue weighted by atomic mass is 14.9. The maximum Gasteiger partial charge on any atom is 0.0868 e. The average Bonchev–Trinajstić information content (AvgIpc) is 2.63. The maximum atomic E-state index is 4.55. The molecular formula is C13H20N2. The third-order valence-electron chi connectivity index (χ3n) is 2.26. The largest absolute Gasteiger partial charge is 0.355 e. The molecule has 0 unspecified atom stereocenters. The Kier molecular flexibility index (Phi) is 3.89. The van der Waals surface area contributed by atoms with Gasteiger partial charge in [-0.05, 0) is 18.1 Å². The molecule has 0 atom stereocenters. The molecule has 0 N–H and O–H groups in total. The summed E-state index contributed by atoms with van der Waals surface area (Å²) >= 11 is 0. The van der Waals surface area contributed by atoms with Gasteiger partial charge in [-0.25, -0.2) is 0 Å². The summed E-state index contributed by atoms with van der Waals surface area (Å²) in [6.45, 7) is 8.34. The zero-order valence-corrected chi connectivity index (χ0v) is 10.3. The van der Waals surface area contributed by atoms with Crippen LogP contribution < -0.4 is 0 Å². The van der Waals surface area contributed by atoms with Crippen LogP contribution in [0.2, 0.25) is 0 Å². The van der Waals surface area contributed by atoms with Crippen molar-refractivity contribution in [3.8, 4) is 11.3 Å². The fourth-order valence-corrected chi connectivity index (χ4v) is 1.44. The predicted molar refractivity (Wildman–Crippen MR) is 65.3 cm³/mol. The molecule has 0 aromatic rings. The molecule has 0 bridgehead atoms. The number of hydrogen-bond donors (Lipinski definition) is 0. The van der Waals surface area contributed by atoms with Gasteiger partial charge < -0.3 is 4.57 Å². The minimum Gasteiger partial charge on any atom is -0.355 e. The molecule has 82 valence electrons. The molecule has 2 aliphatic rings. The maximum absolute atomic E-state index is 4.55. The lowest BCUT2D eigenvalue weighted by molar-refractivity contribution is 0.832. The quantitative estimate of drug-likeness (QED) is 0.693. The lowest BCUT2D eigenvalue weighted by Crippen LogP contribution is -1.90. The molecule has 0 spiro atoms. The summed E-state index contributed by atoms with van der Waals surface area (Å²) in [4.78, 5) is 4.55. The number of nitrogens with zero attached hydrogens (tertiary/aromatic N) is 2. The Morgan fingerprint density at radius 2 is 1.93 bits per heavy atom. The van der Waals surface area contributed by atoms with E-state index in [0.29, 0.717) is 5.92 Å². The van der Waals surface area contributed by atoms with Gasteiger partial charge in [-0.15, -0.1) is 0 Å². The van der Waals surface area contributed by atoms with E-state index in [1.165, 1.54) is 11.3 Å². The number of rotatable bonds is 1. The van der Waals surface area contributed by atoms with Gasteiger partial charge in [0.15, 0.2) is 0 Å². The normalized spacial score (nSPS) is 10.3. The predicted octanol–water partition coefficient (Wildman–Crippen LogP) is 3.67. The van der Waals surface area contributed by atoms with Gasteiger partial charge in [0.2, 0.25) is 0 Å². The van der Waals surface area contributed by atoms with E-state index in [0.717, 1.165) is 5.69 Å². The van der Waals surface area contributed by atoms with Crippen molar-refractivity contribution in [2.45, 2.75) is 33.6 Å². The minimum absolute atomic E-state index is 0.512. The van der Waals surface area contributed by atoms with Crippen LogP contribution >= 0.6 is 0 Å². The molecule has 0 radical (unpaired) electrons. The van der Waals surface area contributed by atoms with Crippen molar-refractivity contribution in [2.24, 2.45) is 7.05 Å². The van der Waals surface area contributed by atoms with E-state index >= 15 is 0 Å². The topological polar surface area (TPSA) is 17.8 Å². The monoisotopic (exact) mass is 204 g/mol. The van der Waals surface area contributed by atoms with E-state index in [-0.39, 0.29) is 0 Å². The lowest BCUT2D eigenvalue weighted by atomic mass is 10.1. The van der Waals surface area contributed by atoms with Crippen LogP contribution in [0.25, 0.3) is 11.3 Å². The van der Waals surface area contributed by atoms with Gasteiger partial charge in [0.05, 0.1) is 5.69 Å². The molecule has 15 heavy (non-hydrogen) atoms. The summed E-state index contributed by atoms with van der Waals surface area (Å²) in [6.07, 6.45) is 4.11. The van der Waals surface area contributed by atoms with Crippen LogP contribution in [-0.2, 0) is 7.05 Å². The van der Waals surface area contributed by atoms with Crippen molar-refractivity contribution in [1.29, 1.82) is 0 Å². The Labute approximate surface area is 92.3 Å². The summed E-state index contributed by atoms with van der Waals surface area (Å²) in [5, 5.41) is 0. The van der Waals surface area contributed by atoms with Gasteiger partial charge in [-0.3, -0.25) is 4.98 Å². The highest BCUT2D eigenvalue weighted by molar-refractivity contribution is 5.61. The van der Waals surface area contributed by atoms with Crippen LogP contribution in [0, 0.1) is 0 Å². The molecule has 0 aromatic carbocycles. The number of pyridine rings is 1. The smallest absolute Gasteiger partial charge is 0.0868 e. The highest BCUT2D eigenvalue weighted by Crippen LogP contribution is 2.25. The van der Waals surface area contributed by atoms with E-state index < -0.39 is 0 Å². The van der Waals surface area contributed by atoms with E-state index in [1.807, 2.05) is 31.7 Å². The van der Waals surface area contributed by atoms with E-state index in [1.54, 1.807) is 0 Å². The number of hydrogen-bond acceptors (Lipinski definition) is 1. The first-order chi connectivity index (χ1) is 7.16. The Bertz CT molecular complexity index is 388. The Morgan fingerprint density at radius 3 is 2.53 bits per heavy atom. The molecule has 0 fully saturated rings. The summed E-state index contributed by atoms with van der Waals surface area (Å²) in [6, 6.07) is 4.27. The van der Waals surface area contributed by atoms with Gasteiger partial charge in [0.1, 0.15) is 0 Å². The van der Waals surface area contributed by atoms with Crippen LogP contribution in [0.3, 0.4) is 0 Å². The molecule has 0 aliphatic carbocycles. The molecule has 2 nitrogen and oxygen atoms in total. The summed E-state index contributed by atoms with van der Waals surface area (Å²) in [5.41, 5.74) is 3.51. The third kappa shape index (κ3) is 2.58. The van der Waals surface area contributed by atoms with Crippen molar-refractivity contribution >= 4 is 0 Å². The van der Waals surface area contributed by atoms with Crippen LogP contribution in [0.15, 0.2) is 24.5 Å². The minimum atomic E-state index is 0.512. The standard InChI is InChI=1S/C11H14N2.C2H6/c1-8(2)10-6-9-4-5-13(3)7-11(9)12-10;1-2/h4-8H,1-3H3;1-2H3. The van der Waals surface area contributed by atoms with Crippen LogP contribution in [0.5, 0.6) is 0 Å². The van der Waals surface area contributed by atoms with Crippen molar-refractivity contribution in [3.63, 3.8) is 0 Å².